The Morgan fingerprint density at radius 2 is 1.68 bits per heavy atom. The van der Waals surface area contributed by atoms with E-state index in [4.69, 9.17) is 18.9 Å². The molecule has 1 aromatic heterocycles. The van der Waals surface area contributed by atoms with Crippen LogP contribution in [0.1, 0.15) is 15.2 Å². The van der Waals surface area contributed by atoms with Gasteiger partial charge in [-0.05, 0) is 45.8 Å². The fourth-order valence-electron chi connectivity index (χ4n) is 2.14. The van der Waals surface area contributed by atoms with Gasteiger partial charge in [0.2, 0.25) is 11.5 Å². The van der Waals surface area contributed by atoms with Crippen molar-refractivity contribution >= 4 is 39.0 Å². The average molecular weight is 429 g/mol. The van der Waals surface area contributed by atoms with Gasteiger partial charge in [-0.1, -0.05) is 0 Å². The topological polar surface area (TPSA) is 71.1 Å². The third-order valence-electron chi connectivity index (χ3n) is 3.29. The Bertz CT molecular complexity index is 745. The summed E-state index contributed by atoms with van der Waals surface area (Å²) in [5.41, 5.74) is 0.630. The molecule has 0 unspecified atom stereocenters. The van der Waals surface area contributed by atoms with E-state index in [1.165, 1.54) is 32.7 Å². The fraction of sp³-hybridized carbons (Fsp3) is 0.294. The zero-order valence-electron chi connectivity index (χ0n) is 14.0. The summed E-state index contributed by atoms with van der Waals surface area (Å²) < 4.78 is 21.6. The molecule has 0 bridgehead atoms. The molecule has 0 aliphatic carbocycles. The van der Waals surface area contributed by atoms with Gasteiger partial charge in [0.25, 0.3) is 0 Å². The van der Waals surface area contributed by atoms with Crippen LogP contribution in [0.4, 0.5) is 0 Å². The van der Waals surface area contributed by atoms with Gasteiger partial charge in [-0.3, -0.25) is 9.59 Å². The van der Waals surface area contributed by atoms with Gasteiger partial charge in [0, 0.05) is 0 Å². The molecule has 2 aromatic rings. The lowest BCUT2D eigenvalue weighted by molar-refractivity contribution is -0.141. The lowest BCUT2D eigenvalue weighted by atomic mass is 10.1. The molecule has 0 aliphatic rings. The first-order valence-corrected chi connectivity index (χ1v) is 8.82. The number of carbonyl (C=O) groups is 2. The third kappa shape index (κ3) is 4.96. The molecular formula is C17H17BrO6S. The van der Waals surface area contributed by atoms with Crippen LogP contribution in [0.5, 0.6) is 17.2 Å². The molecule has 0 aliphatic heterocycles. The first-order valence-electron chi connectivity index (χ1n) is 7.21. The minimum atomic E-state index is -0.516. The number of hydrogen-bond acceptors (Lipinski definition) is 7. The summed E-state index contributed by atoms with van der Waals surface area (Å²) in [5.74, 6) is 0.584. The van der Waals surface area contributed by atoms with Gasteiger partial charge >= 0.3 is 5.97 Å². The predicted octanol–water partition coefficient (Wildman–Crippen LogP) is 3.51. The number of benzene rings is 1. The maximum absolute atomic E-state index is 12.0. The Balaban J connectivity index is 2.01. The number of thiophene rings is 1. The maximum Gasteiger partial charge on any atom is 0.310 e. The molecule has 0 spiro atoms. The van der Waals surface area contributed by atoms with Crippen molar-refractivity contribution in [3.63, 3.8) is 0 Å². The number of halogens is 1. The van der Waals surface area contributed by atoms with Crippen molar-refractivity contribution in [1.82, 2.24) is 0 Å². The molecule has 0 saturated heterocycles. The summed E-state index contributed by atoms with van der Waals surface area (Å²) in [6.45, 7) is -0.295. The zero-order chi connectivity index (χ0) is 18.4. The van der Waals surface area contributed by atoms with Crippen molar-refractivity contribution in [2.45, 2.75) is 6.42 Å². The van der Waals surface area contributed by atoms with E-state index < -0.39 is 5.97 Å². The van der Waals surface area contributed by atoms with Crippen LogP contribution in [0.3, 0.4) is 0 Å². The molecule has 8 heteroatoms. The summed E-state index contributed by atoms with van der Waals surface area (Å²) in [5, 5.41) is 0. The van der Waals surface area contributed by atoms with Crippen LogP contribution in [-0.4, -0.2) is 39.7 Å². The molecule has 134 valence electrons. The van der Waals surface area contributed by atoms with Gasteiger partial charge in [-0.2, -0.15) is 0 Å². The molecule has 0 radical (unpaired) electrons. The number of ketones is 1. The quantitative estimate of drug-likeness (QED) is 0.473. The molecule has 25 heavy (non-hydrogen) atoms. The highest BCUT2D eigenvalue weighted by molar-refractivity contribution is 9.11. The number of Topliss-reactive ketones (excluding diaryl/α,β-unsaturated/α-hetero) is 1. The first kappa shape index (κ1) is 19.3. The maximum atomic E-state index is 12.0. The summed E-state index contributed by atoms with van der Waals surface area (Å²) >= 11 is 4.58. The van der Waals surface area contributed by atoms with E-state index >= 15 is 0 Å². The van der Waals surface area contributed by atoms with E-state index in [0.29, 0.717) is 27.7 Å². The van der Waals surface area contributed by atoms with Crippen LogP contribution >= 0.6 is 27.3 Å². The van der Waals surface area contributed by atoms with E-state index in [1.54, 1.807) is 24.3 Å². The van der Waals surface area contributed by atoms with Crippen molar-refractivity contribution in [2.24, 2.45) is 0 Å². The number of methoxy groups -OCH3 is 3. The SMILES string of the molecule is COc1cc(CC(=O)OCC(=O)c2ccc(Br)s2)cc(OC)c1OC. The number of hydrogen-bond donors (Lipinski definition) is 0. The second-order valence-corrected chi connectivity index (χ2v) is 7.36. The van der Waals surface area contributed by atoms with Crippen molar-refractivity contribution in [1.29, 1.82) is 0 Å². The van der Waals surface area contributed by atoms with Crippen LogP contribution < -0.4 is 14.2 Å². The van der Waals surface area contributed by atoms with Crippen LogP contribution in [0.15, 0.2) is 28.1 Å². The van der Waals surface area contributed by atoms with E-state index in [-0.39, 0.29) is 18.8 Å². The van der Waals surface area contributed by atoms with E-state index in [0.717, 1.165) is 3.79 Å². The summed E-state index contributed by atoms with van der Waals surface area (Å²) in [6, 6.07) is 6.79. The lowest BCUT2D eigenvalue weighted by Crippen LogP contribution is -2.15. The molecule has 0 saturated carbocycles. The molecule has 1 heterocycles. The normalized spacial score (nSPS) is 10.2. The Labute approximate surface area is 157 Å². The van der Waals surface area contributed by atoms with Crippen molar-refractivity contribution in [3.05, 3.63) is 38.5 Å². The minimum Gasteiger partial charge on any atom is -0.493 e. The van der Waals surface area contributed by atoms with Crippen molar-refractivity contribution < 1.29 is 28.5 Å². The minimum absolute atomic E-state index is 0.0157. The molecular weight excluding hydrogens is 412 g/mol. The Morgan fingerprint density at radius 1 is 1.04 bits per heavy atom. The Hall–Kier alpha value is -2.06. The summed E-state index contributed by atoms with van der Waals surface area (Å²) in [7, 11) is 4.50. The Morgan fingerprint density at radius 3 is 2.16 bits per heavy atom. The largest absolute Gasteiger partial charge is 0.493 e. The lowest BCUT2D eigenvalue weighted by Gasteiger charge is -2.13. The van der Waals surface area contributed by atoms with Crippen LogP contribution in [0.2, 0.25) is 0 Å². The summed E-state index contributed by atoms with van der Waals surface area (Å²) in [4.78, 5) is 24.5. The van der Waals surface area contributed by atoms with E-state index in [9.17, 15) is 9.59 Å². The van der Waals surface area contributed by atoms with Crippen LogP contribution in [0.25, 0.3) is 0 Å². The molecule has 0 fully saturated rings. The van der Waals surface area contributed by atoms with Crippen LogP contribution in [0, 0.1) is 0 Å². The van der Waals surface area contributed by atoms with E-state index in [1.807, 2.05) is 0 Å². The average Bonchev–Trinajstić information content (AvgIpc) is 3.05. The monoisotopic (exact) mass is 428 g/mol. The van der Waals surface area contributed by atoms with Gasteiger partial charge in [-0.25, -0.2) is 0 Å². The first-order chi connectivity index (χ1) is 12.0. The van der Waals surface area contributed by atoms with Gasteiger partial charge in [0.15, 0.2) is 18.1 Å². The third-order valence-corrected chi connectivity index (χ3v) is 4.95. The highest BCUT2D eigenvalue weighted by Crippen LogP contribution is 2.38. The fourth-order valence-corrected chi connectivity index (χ4v) is 3.45. The number of carbonyl (C=O) groups excluding carboxylic acids is 2. The van der Waals surface area contributed by atoms with Gasteiger partial charge in [0.05, 0.1) is 36.4 Å². The number of esters is 1. The van der Waals surface area contributed by atoms with Gasteiger partial charge < -0.3 is 18.9 Å². The van der Waals surface area contributed by atoms with Gasteiger partial charge in [0.1, 0.15) is 0 Å². The summed E-state index contributed by atoms with van der Waals surface area (Å²) in [6.07, 6.45) is -0.0157. The highest BCUT2D eigenvalue weighted by Gasteiger charge is 2.17. The molecule has 0 N–H and O–H groups in total. The van der Waals surface area contributed by atoms with Crippen molar-refractivity contribution in [3.8, 4) is 17.2 Å². The zero-order valence-corrected chi connectivity index (χ0v) is 16.4. The van der Waals surface area contributed by atoms with Crippen molar-refractivity contribution in [2.75, 3.05) is 27.9 Å². The molecule has 6 nitrogen and oxygen atoms in total. The van der Waals surface area contributed by atoms with Crippen LogP contribution in [-0.2, 0) is 16.0 Å². The second kappa shape index (κ2) is 8.87. The number of ether oxygens (including phenoxy) is 4. The van der Waals surface area contributed by atoms with E-state index in [2.05, 4.69) is 15.9 Å². The highest BCUT2D eigenvalue weighted by atomic mass is 79.9. The molecule has 1 aromatic carbocycles. The number of rotatable bonds is 8. The molecule has 2 rings (SSSR count). The smallest absolute Gasteiger partial charge is 0.310 e. The molecule has 0 amide bonds. The Kier molecular flexibility index (Phi) is 6.83. The predicted molar refractivity (Wildman–Crippen MR) is 97.1 cm³/mol. The second-order valence-electron chi connectivity index (χ2n) is 4.90. The van der Waals surface area contributed by atoms with Gasteiger partial charge in [-0.15, -0.1) is 11.3 Å². The standard InChI is InChI=1S/C17H17BrO6S/c1-21-12-6-10(7-13(22-2)17(12)23-3)8-16(20)24-9-11(19)14-4-5-15(18)25-14/h4-7H,8-9H2,1-3H3. The molecule has 0 atom stereocenters.